The summed E-state index contributed by atoms with van der Waals surface area (Å²) in [5, 5.41) is 0.603. The first-order chi connectivity index (χ1) is 7.51. The van der Waals surface area contributed by atoms with E-state index in [9.17, 15) is 0 Å². The quantitative estimate of drug-likeness (QED) is 0.586. The van der Waals surface area contributed by atoms with Crippen LogP contribution in [-0.2, 0) is 0 Å². The molecule has 88 valence electrons. The van der Waals surface area contributed by atoms with Crippen LogP contribution in [0.3, 0.4) is 0 Å². The van der Waals surface area contributed by atoms with E-state index >= 15 is 0 Å². The highest BCUT2D eigenvalue weighted by molar-refractivity contribution is 6.32. The second-order valence-electron chi connectivity index (χ2n) is 3.74. The number of nitrogens with zero attached hydrogens (tertiary/aromatic N) is 2. The maximum absolute atomic E-state index is 6.11. The van der Waals surface area contributed by atoms with E-state index in [1.807, 2.05) is 38.1 Å². The van der Waals surface area contributed by atoms with E-state index in [0.29, 0.717) is 10.8 Å². The van der Waals surface area contributed by atoms with Crippen LogP contribution in [0.5, 0.6) is 5.75 Å². The van der Waals surface area contributed by atoms with Gasteiger partial charge >= 0.3 is 0 Å². The minimum atomic E-state index is 0.603. The third-order valence-electron chi connectivity index (χ3n) is 2.38. The van der Waals surface area contributed by atoms with Crippen molar-refractivity contribution >= 4 is 17.4 Å². The van der Waals surface area contributed by atoms with Gasteiger partial charge in [0.25, 0.3) is 0 Å². The van der Waals surface area contributed by atoms with Crippen molar-refractivity contribution in [1.29, 1.82) is 0 Å². The molecule has 0 aliphatic carbocycles. The van der Waals surface area contributed by atoms with Crippen molar-refractivity contribution in [3.63, 3.8) is 0 Å². The molecule has 0 aliphatic heterocycles. The van der Waals surface area contributed by atoms with Gasteiger partial charge in [-0.3, -0.25) is 4.99 Å². The summed E-state index contributed by atoms with van der Waals surface area (Å²) in [5.74, 6) is 1.60. The van der Waals surface area contributed by atoms with Gasteiger partial charge in [-0.25, -0.2) is 0 Å². The van der Waals surface area contributed by atoms with Crippen LogP contribution in [0, 0.1) is 6.92 Å². The number of hydrogen-bond acceptors (Lipinski definition) is 2. The van der Waals surface area contributed by atoms with Gasteiger partial charge in [-0.2, -0.15) is 0 Å². The summed E-state index contributed by atoms with van der Waals surface area (Å²) in [5.41, 5.74) is 2.12. The van der Waals surface area contributed by atoms with Crippen LogP contribution in [0.4, 0.5) is 0 Å². The molecule has 3 nitrogen and oxygen atoms in total. The number of amidine groups is 1. The molecule has 0 heterocycles. The van der Waals surface area contributed by atoms with Crippen molar-refractivity contribution in [1.82, 2.24) is 4.90 Å². The van der Waals surface area contributed by atoms with Gasteiger partial charge in [-0.1, -0.05) is 11.6 Å². The van der Waals surface area contributed by atoms with Crippen LogP contribution in [0.1, 0.15) is 11.1 Å². The molecular weight excluding hydrogens is 224 g/mol. The average Bonchev–Trinajstić information content (AvgIpc) is 2.23. The van der Waals surface area contributed by atoms with E-state index in [-0.39, 0.29) is 0 Å². The smallest absolute Gasteiger partial charge is 0.137 e. The molecule has 0 aliphatic rings. The lowest BCUT2D eigenvalue weighted by molar-refractivity contribution is 0.414. The fourth-order valence-electron chi connectivity index (χ4n) is 1.61. The maximum atomic E-state index is 6.11. The van der Waals surface area contributed by atoms with E-state index in [1.165, 1.54) is 0 Å². The van der Waals surface area contributed by atoms with Gasteiger partial charge in [-0.05, 0) is 24.6 Å². The van der Waals surface area contributed by atoms with Crippen LogP contribution in [0.2, 0.25) is 5.02 Å². The number of aryl methyl sites for hydroxylation is 1. The molecule has 0 saturated heterocycles. The SMILES string of the molecule is C/N=C(/c1cc(Cl)c(OC)cc1C)N(C)C. The van der Waals surface area contributed by atoms with Crippen molar-refractivity contribution in [2.24, 2.45) is 4.99 Å². The highest BCUT2D eigenvalue weighted by atomic mass is 35.5. The fraction of sp³-hybridized carbons (Fsp3) is 0.417. The van der Waals surface area contributed by atoms with Crippen molar-refractivity contribution < 1.29 is 4.74 Å². The molecule has 0 aromatic heterocycles. The Labute approximate surface area is 102 Å². The summed E-state index contributed by atoms with van der Waals surface area (Å²) in [4.78, 5) is 6.22. The molecule has 0 spiro atoms. The minimum Gasteiger partial charge on any atom is -0.495 e. The number of benzene rings is 1. The first-order valence-electron chi connectivity index (χ1n) is 4.99. The normalized spacial score (nSPS) is 11.5. The number of hydrogen-bond donors (Lipinski definition) is 0. The summed E-state index contributed by atoms with van der Waals surface area (Å²) in [6, 6.07) is 3.81. The van der Waals surface area contributed by atoms with Gasteiger partial charge < -0.3 is 9.64 Å². The van der Waals surface area contributed by atoms with E-state index in [1.54, 1.807) is 14.2 Å². The van der Waals surface area contributed by atoms with E-state index in [0.717, 1.165) is 17.0 Å². The second kappa shape index (κ2) is 5.21. The zero-order chi connectivity index (χ0) is 12.3. The summed E-state index contributed by atoms with van der Waals surface area (Å²) in [6.07, 6.45) is 0. The Morgan fingerprint density at radius 1 is 1.38 bits per heavy atom. The topological polar surface area (TPSA) is 24.8 Å². The number of halogens is 1. The van der Waals surface area contributed by atoms with Crippen LogP contribution in [0.25, 0.3) is 0 Å². The Bertz CT molecular complexity index is 414. The molecule has 1 aromatic carbocycles. The minimum absolute atomic E-state index is 0.603. The highest BCUT2D eigenvalue weighted by Gasteiger charge is 2.12. The van der Waals surface area contributed by atoms with E-state index in [2.05, 4.69) is 4.99 Å². The van der Waals surface area contributed by atoms with Gasteiger partial charge in [0.05, 0.1) is 12.1 Å². The molecule has 16 heavy (non-hydrogen) atoms. The lowest BCUT2D eigenvalue weighted by Gasteiger charge is -2.18. The molecule has 1 rings (SSSR count). The Hall–Kier alpha value is -1.22. The summed E-state index contributed by atoms with van der Waals surface area (Å²) in [7, 11) is 7.30. The van der Waals surface area contributed by atoms with Gasteiger partial charge in [0.1, 0.15) is 11.6 Å². The third-order valence-corrected chi connectivity index (χ3v) is 2.67. The van der Waals surface area contributed by atoms with E-state index in [4.69, 9.17) is 16.3 Å². The Morgan fingerprint density at radius 2 is 2.00 bits per heavy atom. The molecule has 0 N–H and O–H groups in total. The first-order valence-corrected chi connectivity index (χ1v) is 5.37. The van der Waals surface area contributed by atoms with Crippen molar-refractivity contribution in [2.45, 2.75) is 6.92 Å². The zero-order valence-electron chi connectivity index (χ0n) is 10.3. The first kappa shape index (κ1) is 12.8. The van der Waals surface area contributed by atoms with Gasteiger partial charge in [0, 0.05) is 26.7 Å². The van der Waals surface area contributed by atoms with Crippen molar-refractivity contribution in [3.05, 3.63) is 28.3 Å². The zero-order valence-corrected chi connectivity index (χ0v) is 11.1. The largest absolute Gasteiger partial charge is 0.495 e. The molecule has 0 atom stereocenters. The summed E-state index contributed by atoms with van der Waals surface area (Å²) < 4.78 is 5.17. The maximum Gasteiger partial charge on any atom is 0.137 e. The summed E-state index contributed by atoms with van der Waals surface area (Å²) in [6.45, 7) is 2.02. The van der Waals surface area contributed by atoms with Crippen LogP contribution in [-0.4, -0.2) is 39.0 Å². The molecule has 0 saturated carbocycles. The number of ether oxygens (including phenoxy) is 1. The van der Waals surface area contributed by atoms with E-state index < -0.39 is 0 Å². The second-order valence-corrected chi connectivity index (χ2v) is 4.15. The van der Waals surface area contributed by atoms with Gasteiger partial charge in [0.15, 0.2) is 0 Å². The van der Waals surface area contributed by atoms with Crippen LogP contribution >= 0.6 is 11.6 Å². The molecular formula is C12H17ClN2O. The highest BCUT2D eigenvalue weighted by Crippen LogP contribution is 2.28. The monoisotopic (exact) mass is 240 g/mol. The molecule has 0 radical (unpaired) electrons. The molecule has 0 bridgehead atoms. The Kier molecular flexibility index (Phi) is 4.19. The van der Waals surface area contributed by atoms with Gasteiger partial charge in [0.2, 0.25) is 0 Å². The predicted molar refractivity (Wildman–Crippen MR) is 68.9 cm³/mol. The van der Waals surface area contributed by atoms with Crippen molar-refractivity contribution in [2.75, 3.05) is 28.3 Å². The Morgan fingerprint density at radius 3 is 2.44 bits per heavy atom. The predicted octanol–water partition coefficient (Wildman–Crippen LogP) is 2.60. The molecule has 0 unspecified atom stereocenters. The lowest BCUT2D eigenvalue weighted by atomic mass is 10.1. The third kappa shape index (κ3) is 2.47. The van der Waals surface area contributed by atoms with Crippen LogP contribution in [0.15, 0.2) is 17.1 Å². The molecule has 0 amide bonds. The number of aliphatic imine (C=N–C) groups is 1. The molecule has 4 heteroatoms. The standard InChI is InChI=1S/C12H17ClN2O/c1-8-6-11(16-5)10(13)7-9(8)12(14-2)15(3)4/h6-7H,1-5H3/b14-12-. The van der Waals surface area contributed by atoms with Gasteiger partial charge in [-0.15, -0.1) is 0 Å². The van der Waals surface area contributed by atoms with Crippen molar-refractivity contribution in [3.8, 4) is 5.75 Å². The molecule has 0 fully saturated rings. The number of rotatable bonds is 2. The van der Waals surface area contributed by atoms with Crippen LogP contribution < -0.4 is 4.74 Å². The summed E-state index contributed by atoms with van der Waals surface area (Å²) >= 11 is 6.11. The number of methoxy groups -OCH3 is 1. The average molecular weight is 241 g/mol. The molecule has 1 aromatic rings. The lowest BCUT2D eigenvalue weighted by Crippen LogP contribution is -2.23. The Balaban J connectivity index is 3.30. The fourth-order valence-corrected chi connectivity index (χ4v) is 1.85.